The Morgan fingerprint density at radius 2 is 1.83 bits per heavy atom. The number of ether oxygens (including phenoxy) is 1. The van der Waals surface area contributed by atoms with Crippen molar-refractivity contribution < 1.29 is 27.5 Å². The highest BCUT2D eigenvalue weighted by Gasteiger charge is 2.58. The maximum atomic E-state index is 13.5. The van der Waals surface area contributed by atoms with Gasteiger partial charge in [0.25, 0.3) is 0 Å². The number of alkyl halides is 3. The minimum atomic E-state index is -4.56. The quantitative estimate of drug-likeness (QED) is 0.277. The lowest BCUT2D eigenvalue weighted by molar-refractivity contribution is -0.131. The molecule has 0 radical (unpaired) electrons. The van der Waals surface area contributed by atoms with Gasteiger partial charge in [0.2, 0.25) is 0 Å². The van der Waals surface area contributed by atoms with Crippen molar-refractivity contribution >= 4 is 17.3 Å². The van der Waals surface area contributed by atoms with E-state index in [4.69, 9.17) is 4.74 Å². The standard InChI is InChI=1S/C34H38F3NO3/c1-33-20-28(22-5-8-24(9-6-22)38-16-2-3-17-38)32-26-12-10-25(39)19-23(26)7-11-27(32)29(33)13-14-30(33)31(40)21-41-18-4-15-34(35,36)37/h5-6,8-9,19,27-30H,2-3,7,10-14,16-18,20-21H2,1H3/t27-,28+,29-,30+,33-/m0/s1. The van der Waals surface area contributed by atoms with Crippen molar-refractivity contribution in [3.05, 3.63) is 52.6 Å². The normalized spacial score (nSPS) is 31.2. The predicted octanol–water partition coefficient (Wildman–Crippen LogP) is 6.95. The van der Waals surface area contributed by atoms with Gasteiger partial charge in [0.05, 0.1) is 0 Å². The third kappa shape index (κ3) is 5.52. The van der Waals surface area contributed by atoms with Gasteiger partial charge in [0.15, 0.2) is 11.6 Å². The van der Waals surface area contributed by atoms with Crippen molar-refractivity contribution in [3.8, 4) is 11.8 Å². The molecular formula is C34H38F3NO3. The number of anilines is 1. The molecule has 2 saturated carbocycles. The number of carbonyl (C=O) groups is 2. The lowest BCUT2D eigenvalue weighted by Crippen LogP contribution is -2.45. The van der Waals surface area contributed by atoms with Crippen LogP contribution >= 0.6 is 0 Å². The Morgan fingerprint density at radius 1 is 1.07 bits per heavy atom. The molecule has 1 heterocycles. The van der Waals surface area contributed by atoms with Crippen LogP contribution in [0.3, 0.4) is 0 Å². The molecule has 41 heavy (non-hydrogen) atoms. The van der Waals surface area contributed by atoms with Crippen LogP contribution in [-0.4, -0.2) is 44.0 Å². The Hall–Kier alpha value is -2.85. The van der Waals surface area contributed by atoms with E-state index in [0.29, 0.717) is 18.3 Å². The number of ketones is 2. The van der Waals surface area contributed by atoms with E-state index in [0.717, 1.165) is 51.6 Å². The van der Waals surface area contributed by atoms with Gasteiger partial charge in [0.1, 0.15) is 13.2 Å². The van der Waals surface area contributed by atoms with Gasteiger partial charge in [0, 0.05) is 43.0 Å². The first-order valence-electron chi connectivity index (χ1n) is 15.1. The summed E-state index contributed by atoms with van der Waals surface area (Å²) in [4.78, 5) is 28.2. The number of rotatable bonds is 6. The van der Waals surface area contributed by atoms with Crippen molar-refractivity contribution in [2.24, 2.45) is 23.2 Å². The van der Waals surface area contributed by atoms with E-state index >= 15 is 0 Å². The van der Waals surface area contributed by atoms with E-state index in [1.54, 1.807) is 0 Å². The van der Waals surface area contributed by atoms with Gasteiger partial charge >= 0.3 is 6.18 Å². The van der Waals surface area contributed by atoms with Crippen molar-refractivity contribution in [2.45, 2.75) is 76.8 Å². The Labute approximate surface area is 240 Å². The molecule has 0 unspecified atom stereocenters. The molecule has 1 aromatic carbocycles. The van der Waals surface area contributed by atoms with Crippen molar-refractivity contribution in [3.63, 3.8) is 0 Å². The van der Waals surface area contributed by atoms with Gasteiger partial charge in [-0.15, -0.1) is 0 Å². The second kappa shape index (κ2) is 11.1. The van der Waals surface area contributed by atoms with Crippen LogP contribution in [0.25, 0.3) is 0 Å². The summed E-state index contributed by atoms with van der Waals surface area (Å²) in [6.45, 7) is 3.84. The molecule has 7 heteroatoms. The van der Waals surface area contributed by atoms with Gasteiger partial charge in [-0.05, 0) is 104 Å². The first-order chi connectivity index (χ1) is 19.6. The molecule has 4 aliphatic carbocycles. The molecule has 5 aliphatic rings. The lowest BCUT2D eigenvalue weighted by atomic mass is 9.51. The van der Waals surface area contributed by atoms with E-state index in [9.17, 15) is 22.8 Å². The zero-order chi connectivity index (χ0) is 28.8. The number of allylic oxidation sites excluding steroid dienone is 4. The zero-order valence-electron chi connectivity index (χ0n) is 23.7. The summed E-state index contributed by atoms with van der Waals surface area (Å²) in [6, 6.07) is 9.03. The molecule has 5 atom stereocenters. The summed E-state index contributed by atoms with van der Waals surface area (Å²) in [7, 11) is 0. The first kappa shape index (κ1) is 28.3. The fourth-order valence-electron chi connectivity index (χ4n) is 8.82. The summed E-state index contributed by atoms with van der Waals surface area (Å²) in [5, 5.41) is 0. The SMILES string of the molecule is C[C@]12C[C@H](c3ccc(N4CCCC4)cc3)C3=C4CCC(=O)C=C4CC[C@H]3[C@@H]1CC[C@@H]2C(=O)COCC#CC(F)(F)F. The van der Waals surface area contributed by atoms with Crippen molar-refractivity contribution in [1.82, 2.24) is 0 Å². The maximum Gasteiger partial charge on any atom is 0.457 e. The first-order valence-corrected chi connectivity index (χ1v) is 15.1. The van der Waals surface area contributed by atoms with Gasteiger partial charge in [-0.3, -0.25) is 9.59 Å². The average Bonchev–Trinajstić information content (AvgIpc) is 3.59. The third-order valence-corrected chi connectivity index (χ3v) is 10.5. The summed E-state index contributed by atoms with van der Waals surface area (Å²) in [5.74, 6) is 4.09. The number of benzene rings is 1. The fraction of sp³-hybridized carbons (Fsp3) is 0.588. The van der Waals surface area contributed by atoms with Crippen molar-refractivity contribution in [1.29, 1.82) is 0 Å². The molecule has 0 bridgehead atoms. The van der Waals surface area contributed by atoms with E-state index < -0.39 is 12.8 Å². The topological polar surface area (TPSA) is 46.6 Å². The van der Waals surface area contributed by atoms with Crippen LogP contribution < -0.4 is 4.90 Å². The minimum absolute atomic E-state index is 0.0253. The molecular weight excluding hydrogens is 527 g/mol. The highest BCUT2D eigenvalue weighted by Crippen LogP contribution is 2.65. The number of halogens is 3. The number of hydrogen-bond acceptors (Lipinski definition) is 4. The van der Waals surface area contributed by atoms with E-state index in [1.165, 1.54) is 46.7 Å². The van der Waals surface area contributed by atoms with Gasteiger partial charge < -0.3 is 9.64 Å². The number of carbonyl (C=O) groups excluding carboxylic acids is 2. The summed E-state index contributed by atoms with van der Waals surface area (Å²) >= 11 is 0. The molecule has 0 N–H and O–H groups in total. The van der Waals surface area contributed by atoms with E-state index in [-0.39, 0.29) is 35.4 Å². The molecule has 218 valence electrons. The summed E-state index contributed by atoms with van der Waals surface area (Å²) < 4.78 is 42.3. The Bertz CT molecular complexity index is 1330. The van der Waals surface area contributed by atoms with Gasteiger partial charge in [-0.25, -0.2) is 0 Å². The molecule has 0 amide bonds. The Morgan fingerprint density at radius 3 is 2.56 bits per heavy atom. The molecule has 6 rings (SSSR count). The van der Waals surface area contributed by atoms with Crippen molar-refractivity contribution in [2.75, 3.05) is 31.2 Å². The highest BCUT2D eigenvalue weighted by molar-refractivity contribution is 5.93. The van der Waals surface area contributed by atoms with Gasteiger partial charge in [-0.1, -0.05) is 30.6 Å². The van der Waals surface area contributed by atoms with E-state index in [2.05, 4.69) is 36.1 Å². The van der Waals surface area contributed by atoms with Crippen LogP contribution in [0.1, 0.15) is 76.2 Å². The number of nitrogens with zero attached hydrogens (tertiary/aromatic N) is 1. The van der Waals surface area contributed by atoms with Crippen LogP contribution in [0.2, 0.25) is 0 Å². The van der Waals surface area contributed by atoms with Crippen LogP contribution in [-0.2, 0) is 14.3 Å². The van der Waals surface area contributed by atoms with E-state index in [1.807, 2.05) is 12.0 Å². The summed E-state index contributed by atoms with van der Waals surface area (Å²) in [6.07, 6.45) is 5.62. The van der Waals surface area contributed by atoms with Crippen LogP contribution in [0.5, 0.6) is 0 Å². The molecule has 1 saturated heterocycles. The number of fused-ring (bicyclic) bond motifs is 4. The Balaban J connectivity index is 1.30. The maximum absolute atomic E-state index is 13.5. The lowest BCUT2D eigenvalue weighted by Gasteiger charge is -2.52. The minimum Gasteiger partial charge on any atom is -0.372 e. The molecule has 4 nitrogen and oxygen atoms in total. The third-order valence-electron chi connectivity index (χ3n) is 10.5. The Kier molecular flexibility index (Phi) is 7.65. The second-order valence-electron chi connectivity index (χ2n) is 12.8. The average molecular weight is 566 g/mol. The largest absolute Gasteiger partial charge is 0.457 e. The zero-order valence-corrected chi connectivity index (χ0v) is 23.7. The van der Waals surface area contributed by atoms with Crippen LogP contribution in [0, 0.1) is 35.0 Å². The van der Waals surface area contributed by atoms with Gasteiger partial charge in [-0.2, -0.15) is 13.2 Å². The highest BCUT2D eigenvalue weighted by atomic mass is 19.4. The molecule has 0 spiro atoms. The fourth-order valence-corrected chi connectivity index (χ4v) is 8.82. The molecule has 1 aliphatic heterocycles. The van der Waals surface area contributed by atoms with Crippen LogP contribution in [0.15, 0.2) is 47.1 Å². The molecule has 3 fully saturated rings. The van der Waals surface area contributed by atoms with Crippen LogP contribution in [0.4, 0.5) is 18.9 Å². The smallest absolute Gasteiger partial charge is 0.372 e. The monoisotopic (exact) mass is 565 g/mol. The molecule has 1 aromatic rings. The number of hydrogen-bond donors (Lipinski definition) is 0. The summed E-state index contributed by atoms with van der Waals surface area (Å²) in [5.41, 5.74) is 6.41. The number of Topliss-reactive ketones (excluding diaryl/α,β-unsaturated/α-hetero) is 1. The second-order valence-corrected chi connectivity index (χ2v) is 12.8. The predicted molar refractivity (Wildman–Crippen MR) is 151 cm³/mol. The molecule has 0 aromatic heterocycles.